The maximum Gasteiger partial charge on any atom is 0.325 e. The van der Waals surface area contributed by atoms with Crippen molar-refractivity contribution in [2.45, 2.75) is 13.8 Å². The van der Waals surface area contributed by atoms with Gasteiger partial charge in [0, 0.05) is 12.7 Å². The van der Waals surface area contributed by atoms with E-state index in [2.05, 4.69) is 4.98 Å². The van der Waals surface area contributed by atoms with E-state index in [9.17, 15) is 4.79 Å². The van der Waals surface area contributed by atoms with Crippen molar-refractivity contribution in [3.63, 3.8) is 0 Å². The van der Waals surface area contributed by atoms with Crippen molar-refractivity contribution in [1.29, 1.82) is 5.26 Å². The van der Waals surface area contributed by atoms with Crippen LogP contribution in [-0.4, -0.2) is 30.6 Å². The number of pyridine rings is 1. The van der Waals surface area contributed by atoms with Gasteiger partial charge in [-0.15, -0.1) is 0 Å². The molecular weight excluding hydrogens is 254 g/mol. The molecule has 6 heteroatoms. The van der Waals surface area contributed by atoms with Crippen LogP contribution in [0.2, 0.25) is 5.02 Å². The van der Waals surface area contributed by atoms with Gasteiger partial charge >= 0.3 is 5.97 Å². The number of likely N-dealkylation sites (N-methyl/N-ethyl adjacent to an activating group) is 1. The molecule has 0 radical (unpaired) electrons. The largest absolute Gasteiger partial charge is 0.465 e. The van der Waals surface area contributed by atoms with Gasteiger partial charge in [-0.1, -0.05) is 11.6 Å². The Morgan fingerprint density at radius 3 is 2.89 bits per heavy atom. The Labute approximate surface area is 111 Å². The fourth-order valence-electron chi connectivity index (χ4n) is 1.44. The summed E-state index contributed by atoms with van der Waals surface area (Å²) in [6, 6.07) is 3.51. The Morgan fingerprint density at radius 2 is 2.33 bits per heavy atom. The summed E-state index contributed by atoms with van der Waals surface area (Å²) in [6.45, 7) is 4.55. The van der Waals surface area contributed by atoms with Crippen molar-refractivity contribution in [3.05, 3.63) is 22.8 Å². The zero-order chi connectivity index (χ0) is 13.5. The van der Waals surface area contributed by atoms with Crippen LogP contribution in [0.25, 0.3) is 0 Å². The van der Waals surface area contributed by atoms with Gasteiger partial charge in [0.05, 0.1) is 12.2 Å². The van der Waals surface area contributed by atoms with Gasteiger partial charge in [0.1, 0.15) is 23.5 Å². The Kier molecular flexibility index (Phi) is 5.40. The molecule has 5 nitrogen and oxygen atoms in total. The molecule has 96 valence electrons. The first-order valence-corrected chi connectivity index (χ1v) is 5.97. The van der Waals surface area contributed by atoms with Crippen molar-refractivity contribution in [3.8, 4) is 6.07 Å². The molecular formula is C12H14ClN3O2. The Morgan fingerprint density at radius 1 is 1.61 bits per heavy atom. The molecule has 0 amide bonds. The second-order valence-corrected chi connectivity index (χ2v) is 3.81. The molecule has 1 rings (SSSR count). The van der Waals surface area contributed by atoms with Gasteiger partial charge in [-0.05, 0) is 19.9 Å². The predicted molar refractivity (Wildman–Crippen MR) is 68.5 cm³/mol. The van der Waals surface area contributed by atoms with Crippen molar-refractivity contribution >= 4 is 23.4 Å². The lowest BCUT2D eigenvalue weighted by atomic mass is 10.2. The molecule has 0 aliphatic carbocycles. The van der Waals surface area contributed by atoms with E-state index in [1.165, 1.54) is 12.3 Å². The lowest BCUT2D eigenvalue weighted by Gasteiger charge is -2.21. The van der Waals surface area contributed by atoms with Crippen molar-refractivity contribution in [1.82, 2.24) is 4.98 Å². The van der Waals surface area contributed by atoms with Gasteiger partial charge in [-0.3, -0.25) is 4.79 Å². The molecule has 1 aromatic rings. The highest BCUT2D eigenvalue weighted by Gasteiger charge is 2.16. The van der Waals surface area contributed by atoms with E-state index in [0.29, 0.717) is 24.5 Å². The number of carbonyl (C=O) groups is 1. The molecule has 18 heavy (non-hydrogen) atoms. The molecule has 0 fully saturated rings. The lowest BCUT2D eigenvalue weighted by molar-refractivity contribution is -0.141. The van der Waals surface area contributed by atoms with E-state index in [0.717, 1.165) is 0 Å². The average molecular weight is 268 g/mol. The van der Waals surface area contributed by atoms with Crippen LogP contribution in [0.3, 0.4) is 0 Å². The highest BCUT2D eigenvalue weighted by molar-refractivity contribution is 6.34. The predicted octanol–water partition coefficient (Wildman–Crippen LogP) is 2.00. The number of nitriles is 1. The summed E-state index contributed by atoms with van der Waals surface area (Å²) in [4.78, 5) is 17.2. The fraction of sp³-hybridized carbons (Fsp3) is 0.417. The number of hydrogen-bond acceptors (Lipinski definition) is 5. The lowest BCUT2D eigenvalue weighted by Crippen LogP contribution is -2.31. The fourth-order valence-corrected chi connectivity index (χ4v) is 1.71. The standard InChI is InChI=1S/C12H14ClN3O2/c1-3-16(8-10(17)18-4-2)12-11(13)9(7-14)5-6-15-12/h5-6H,3-4,8H2,1-2H3. The Hall–Kier alpha value is -1.80. The number of ether oxygens (including phenoxy) is 1. The van der Waals surface area contributed by atoms with Crippen molar-refractivity contribution in [2.75, 3.05) is 24.6 Å². The highest BCUT2D eigenvalue weighted by atomic mass is 35.5. The molecule has 0 bridgehead atoms. The highest BCUT2D eigenvalue weighted by Crippen LogP contribution is 2.26. The molecule has 0 N–H and O–H groups in total. The van der Waals surface area contributed by atoms with Gasteiger partial charge < -0.3 is 9.64 Å². The molecule has 0 saturated carbocycles. The zero-order valence-electron chi connectivity index (χ0n) is 10.3. The topological polar surface area (TPSA) is 66.2 Å². The van der Waals surface area contributed by atoms with E-state index >= 15 is 0 Å². The molecule has 0 saturated heterocycles. The minimum atomic E-state index is -0.348. The first-order chi connectivity index (χ1) is 8.63. The van der Waals surface area contributed by atoms with E-state index in [1.807, 2.05) is 13.0 Å². The third-order valence-electron chi connectivity index (χ3n) is 2.30. The Balaban J connectivity index is 2.96. The zero-order valence-corrected chi connectivity index (χ0v) is 11.1. The average Bonchev–Trinajstić information content (AvgIpc) is 2.37. The maximum absolute atomic E-state index is 11.5. The van der Waals surface area contributed by atoms with E-state index in [4.69, 9.17) is 21.6 Å². The number of esters is 1. The number of halogens is 1. The molecule has 0 spiro atoms. The van der Waals surface area contributed by atoms with Crippen LogP contribution >= 0.6 is 11.6 Å². The van der Waals surface area contributed by atoms with Gasteiger partial charge in [0.25, 0.3) is 0 Å². The monoisotopic (exact) mass is 267 g/mol. The number of carbonyl (C=O) groups excluding carboxylic acids is 1. The second-order valence-electron chi connectivity index (χ2n) is 3.43. The molecule has 1 heterocycles. The molecule has 0 aromatic carbocycles. The summed E-state index contributed by atoms with van der Waals surface area (Å²) in [7, 11) is 0. The van der Waals surface area contributed by atoms with E-state index in [-0.39, 0.29) is 17.5 Å². The second kappa shape index (κ2) is 6.82. The molecule has 0 atom stereocenters. The summed E-state index contributed by atoms with van der Waals surface area (Å²) in [5, 5.41) is 9.15. The van der Waals surface area contributed by atoms with E-state index < -0.39 is 0 Å². The third-order valence-corrected chi connectivity index (χ3v) is 2.67. The first kappa shape index (κ1) is 14.3. The van der Waals surface area contributed by atoms with Crippen LogP contribution in [0.15, 0.2) is 12.3 Å². The number of aromatic nitrogens is 1. The normalized spacial score (nSPS) is 9.67. The molecule has 0 unspecified atom stereocenters. The van der Waals surface area contributed by atoms with Crippen LogP contribution in [0.1, 0.15) is 19.4 Å². The molecule has 1 aromatic heterocycles. The third kappa shape index (κ3) is 3.34. The van der Waals surface area contributed by atoms with Gasteiger partial charge in [0.15, 0.2) is 0 Å². The van der Waals surface area contributed by atoms with Crippen LogP contribution < -0.4 is 4.90 Å². The van der Waals surface area contributed by atoms with Gasteiger partial charge in [-0.2, -0.15) is 5.26 Å². The summed E-state index contributed by atoms with van der Waals surface area (Å²) >= 11 is 6.06. The quantitative estimate of drug-likeness (QED) is 0.764. The minimum Gasteiger partial charge on any atom is -0.465 e. The van der Waals surface area contributed by atoms with Crippen LogP contribution in [0, 0.1) is 11.3 Å². The first-order valence-electron chi connectivity index (χ1n) is 5.59. The minimum absolute atomic E-state index is 0.0615. The summed E-state index contributed by atoms with van der Waals surface area (Å²) in [5.41, 5.74) is 0.337. The number of hydrogen-bond donors (Lipinski definition) is 0. The summed E-state index contributed by atoms with van der Waals surface area (Å²) in [5.74, 6) is 0.0749. The number of rotatable bonds is 5. The Bertz CT molecular complexity index is 471. The van der Waals surface area contributed by atoms with Crippen LogP contribution in [0.5, 0.6) is 0 Å². The number of nitrogens with zero attached hydrogens (tertiary/aromatic N) is 3. The van der Waals surface area contributed by atoms with Crippen LogP contribution in [0.4, 0.5) is 5.82 Å². The molecule has 0 aliphatic heterocycles. The SMILES string of the molecule is CCOC(=O)CN(CC)c1nccc(C#N)c1Cl. The van der Waals surface area contributed by atoms with Crippen molar-refractivity contribution in [2.24, 2.45) is 0 Å². The van der Waals surface area contributed by atoms with Crippen LogP contribution in [-0.2, 0) is 9.53 Å². The summed E-state index contributed by atoms with van der Waals surface area (Å²) < 4.78 is 4.88. The smallest absolute Gasteiger partial charge is 0.325 e. The van der Waals surface area contributed by atoms with Crippen molar-refractivity contribution < 1.29 is 9.53 Å². The molecule has 0 aliphatic rings. The van der Waals surface area contributed by atoms with Gasteiger partial charge in [0.2, 0.25) is 0 Å². The number of anilines is 1. The van der Waals surface area contributed by atoms with Gasteiger partial charge in [-0.25, -0.2) is 4.98 Å². The maximum atomic E-state index is 11.5. The van der Waals surface area contributed by atoms with E-state index in [1.54, 1.807) is 11.8 Å². The summed E-state index contributed by atoms with van der Waals surface area (Å²) in [6.07, 6.45) is 1.49.